The maximum atomic E-state index is 11.9. The Morgan fingerprint density at radius 1 is 1.16 bits per heavy atom. The highest BCUT2D eigenvalue weighted by atomic mass is 16.5. The smallest absolute Gasteiger partial charge is 0.306 e. The van der Waals surface area contributed by atoms with Crippen molar-refractivity contribution in [2.75, 3.05) is 26.7 Å². The van der Waals surface area contributed by atoms with Gasteiger partial charge in [0.15, 0.2) is 0 Å². The summed E-state index contributed by atoms with van der Waals surface area (Å²) >= 11 is 0. The minimum Gasteiger partial charge on any atom is -0.465 e. The van der Waals surface area contributed by atoms with Crippen LogP contribution in [0, 0.1) is 23.7 Å². The second-order valence-corrected chi connectivity index (χ2v) is 7.07. The summed E-state index contributed by atoms with van der Waals surface area (Å²) in [5.74, 6) is 3.07. The third-order valence-corrected chi connectivity index (χ3v) is 5.63. The van der Waals surface area contributed by atoms with Gasteiger partial charge in [0.25, 0.3) is 0 Å². The first-order valence-corrected chi connectivity index (χ1v) is 8.05. The standard InChI is InChI=1S/C16H27NO2/c1-17-6-4-12(5-7-17)11-19-16(18)10-15-9-13-2-3-14(15)8-13/h12-15H,2-11H2,1H3. The van der Waals surface area contributed by atoms with Crippen molar-refractivity contribution in [3.8, 4) is 0 Å². The van der Waals surface area contributed by atoms with Crippen LogP contribution in [0.15, 0.2) is 0 Å². The Morgan fingerprint density at radius 2 is 1.95 bits per heavy atom. The number of esters is 1. The van der Waals surface area contributed by atoms with Gasteiger partial charge in [0.2, 0.25) is 0 Å². The van der Waals surface area contributed by atoms with Crippen LogP contribution in [0.2, 0.25) is 0 Å². The van der Waals surface area contributed by atoms with Gasteiger partial charge in [0, 0.05) is 6.42 Å². The third kappa shape index (κ3) is 3.31. The third-order valence-electron chi connectivity index (χ3n) is 5.63. The number of fused-ring (bicyclic) bond motifs is 2. The molecule has 1 aliphatic heterocycles. The number of likely N-dealkylation sites (tertiary alicyclic amines) is 1. The molecule has 0 radical (unpaired) electrons. The number of carbonyl (C=O) groups excluding carboxylic acids is 1. The Morgan fingerprint density at radius 3 is 2.58 bits per heavy atom. The number of hydrogen-bond donors (Lipinski definition) is 0. The molecule has 2 aliphatic carbocycles. The van der Waals surface area contributed by atoms with Crippen LogP contribution in [-0.4, -0.2) is 37.6 Å². The molecule has 2 saturated carbocycles. The van der Waals surface area contributed by atoms with Crippen molar-refractivity contribution in [1.82, 2.24) is 4.90 Å². The predicted molar refractivity (Wildman–Crippen MR) is 74.7 cm³/mol. The van der Waals surface area contributed by atoms with Gasteiger partial charge in [-0.3, -0.25) is 4.79 Å². The lowest BCUT2D eigenvalue weighted by Gasteiger charge is -2.28. The summed E-state index contributed by atoms with van der Waals surface area (Å²) in [4.78, 5) is 14.3. The zero-order valence-corrected chi connectivity index (χ0v) is 12.1. The van der Waals surface area contributed by atoms with Crippen LogP contribution in [0.3, 0.4) is 0 Å². The Kier molecular flexibility index (Phi) is 4.11. The molecule has 0 aromatic heterocycles. The second kappa shape index (κ2) is 5.82. The maximum Gasteiger partial charge on any atom is 0.306 e. The topological polar surface area (TPSA) is 29.5 Å². The fourth-order valence-electron chi connectivity index (χ4n) is 4.34. The molecular weight excluding hydrogens is 238 g/mol. The molecule has 3 heteroatoms. The predicted octanol–water partition coefficient (Wildman–Crippen LogP) is 2.70. The van der Waals surface area contributed by atoms with Crippen molar-refractivity contribution in [2.45, 2.75) is 44.9 Å². The fourth-order valence-corrected chi connectivity index (χ4v) is 4.34. The molecule has 0 spiro atoms. The number of hydrogen-bond acceptors (Lipinski definition) is 3. The summed E-state index contributed by atoms with van der Waals surface area (Å²) in [6.07, 6.45) is 8.48. The van der Waals surface area contributed by atoms with E-state index in [9.17, 15) is 4.79 Å². The lowest BCUT2D eigenvalue weighted by atomic mass is 9.86. The van der Waals surface area contributed by atoms with E-state index < -0.39 is 0 Å². The highest BCUT2D eigenvalue weighted by Gasteiger charge is 2.40. The number of piperidine rings is 1. The molecule has 0 aromatic carbocycles. The minimum atomic E-state index is 0.0662. The molecule has 19 heavy (non-hydrogen) atoms. The van der Waals surface area contributed by atoms with Gasteiger partial charge in [-0.25, -0.2) is 0 Å². The Balaban J connectivity index is 1.35. The highest BCUT2D eigenvalue weighted by molar-refractivity contribution is 5.69. The lowest BCUT2D eigenvalue weighted by Crippen LogP contribution is -2.32. The number of carbonyl (C=O) groups is 1. The molecular formula is C16H27NO2. The van der Waals surface area contributed by atoms with Gasteiger partial charge in [0.05, 0.1) is 6.61 Å². The molecule has 3 aliphatic rings. The van der Waals surface area contributed by atoms with E-state index in [0.717, 1.165) is 24.9 Å². The zero-order valence-electron chi connectivity index (χ0n) is 12.1. The van der Waals surface area contributed by atoms with Gasteiger partial charge in [-0.15, -0.1) is 0 Å². The van der Waals surface area contributed by atoms with E-state index >= 15 is 0 Å². The number of nitrogens with zero attached hydrogens (tertiary/aromatic N) is 1. The number of rotatable bonds is 4. The Hall–Kier alpha value is -0.570. The second-order valence-electron chi connectivity index (χ2n) is 7.07. The van der Waals surface area contributed by atoms with E-state index in [4.69, 9.17) is 4.74 Å². The van der Waals surface area contributed by atoms with Gasteiger partial charge >= 0.3 is 5.97 Å². The van der Waals surface area contributed by atoms with Crippen LogP contribution in [0.4, 0.5) is 0 Å². The maximum absolute atomic E-state index is 11.9. The van der Waals surface area contributed by atoms with Crippen molar-refractivity contribution in [2.24, 2.45) is 23.7 Å². The molecule has 0 N–H and O–H groups in total. The zero-order chi connectivity index (χ0) is 13.2. The van der Waals surface area contributed by atoms with Crippen LogP contribution < -0.4 is 0 Å². The molecule has 1 saturated heterocycles. The van der Waals surface area contributed by atoms with E-state index in [1.54, 1.807) is 0 Å². The van der Waals surface area contributed by atoms with E-state index in [2.05, 4.69) is 11.9 Å². The van der Waals surface area contributed by atoms with Crippen molar-refractivity contribution >= 4 is 5.97 Å². The van der Waals surface area contributed by atoms with Gasteiger partial charge in [-0.2, -0.15) is 0 Å². The average Bonchev–Trinajstić information content (AvgIpc) is 3.00. The van der Waals surface area contributed by atoms with Crippen LogP contribution in [0.5, 0.6) is 0 Å². The van der Waals surface area contributed by atoms with Gasteiger partial charge in [-0.1, -0.05) is 6.42 Å². The monoisotopic (exact) mass is 265 g/mol. The first kappa shape index (κ1) is 13.4. The van der Waals surface area contributed by atoms with Gasteiger partial charge < -0.3 is 9.64 Å². The van der Waals surface area contributed by atoms with E-state index in [1.807, 2.05) is 0 Å². The molecule has 1 heterocycles. The summed E-state index contributed by atoms with van der Waals surface area (Å²) in [6.45, 7) is 2.96. The Bertz CT molecular complexity index is 323. The van der Waals surface area contributed by atoms with Crippen molar-refractivity contribution < 1.29 is 9.53 Å². The van der Waals surface area contributed by atoms with Crippen molar-refractivity contribution in [3.05, 3.63) is 0 Å². The highest BCUT2D eigenvalue weighted by Crippen LogP contribution is 2.49. The molecule has 3 unspecified atom stereocenters. The average molecular weight is 265 g/mol. The van der Waals surface area contributed by atoms with E-state index in [-0.39, 0.29) is 5.97 Å². The van der Waals surface area contributed by atoms with Crippen LogP contribution >= 0.6 is 0 Å². The summed E-state index contributed by atoms with van der Waals surface area (Å²) in [5.41, 5.74) is 0. The molecule has 3 rings (SSSR count). The Labute approximate surface area is 116 Å². The molecule has 0 aromatic rings. The normalized spacial score (nSPS) is 35.7. The quantitative estimate of drug-likeness (QED) is 0.732. The van der Waals surface area contributed by atoms with Crippen LogP contribution in [0.1, 0.15) is 44.9 Å². The molecule has 0 amide bonds. The first-order chi connectivity index (χ1) is 9.20. The lowest BCUT2D eigenvalue weighted by molar-refractivity contribution is -0.147. The molecule has 3 atom stereocenters. The van der Waals surface area contributed by atoms with Crippen molar-refractivity contribution in [3.63, 3.8) is 0 Å². The first-order valence-electron chi connectivity index (χ1n) is 8.05. The van der Waals surface area contributed by atoms with Crippen LogP contribution in [0.25, 0.3) is 0 Å². The fraction of sp³-hybridized carbons (Fsp3) is 0.938. The molecule has 2 bridgehead atoms. The van der Waals surface area contributed by atoms with Crippen LogP contribution in [-0.2, 0) is 9.53 Å². The van der Waals surface area contributed by atoms with E-state index in [1.165, 1.54) is 38.5 Å². The SMILES string of the molecule is CN1CCC(COC(=O)CC2CC3CCC2C3)CC1. The summed E-state index contributed by atoms with van der Waals surface area (Å²) < 4.78 is 5.53. The summed E-state index contributed by atoms with van der Waals surface area (Å²) in [5, 5.41) is 0. The summed E-state index contributed by atoms with van der Waals surface area (Å²) in [6, 6.07) is 0. The molecule has 3 nitrogen and oxygen atoms in total. The van der Waals surface area contributed by atoms with E-state index in [0.29, 0.717) is 24.9 Å². The largest absolute Gasteiger partial charge is 0.465 e. The van der Waals surface area contributed by atoms with Gasteiger partial charge in [0.1, 0.15) is 0 Å². The minimum absolute atomic E-state index is 0.0662. The van der Waals surface area contributed by atoms with Gasteiger partial charge in [-0.05, 0) is 75.9 Å². The van der Waals surface area contributed by atoms with Crippen molar-refractivity contribution in [1.29, 1.82) is 0 Å². The molecule has 108 valence electrons. The summed E-state index contributed by atoms with van der Waals surface area (Å²) in [7, 11) is 2.16. The molecule has 3 fully saturated rings. The number of ether oxygens (including phenoxy) is 1.